The largest absolute Gasteiger partial charge is 0.314 e. The molecule has 1 unspecified atom stereocenters. The summed E-state index contributed by atoms with van der Waals surface area (Å²) in [5.74, 6) is 0.742. The quantitative estimate of drug-likeness (QED) is 0.654. The summed E-state index contributed by atoms with van der Waals surface area (Å²) in [6.07, 6.45) is 5.07. The molecule has 21 heavy (non-hydrogen) atoms. The van der Waals surface area contributed by atoms with Crippen LogP contribution in [0.1, 0.15) is 25.3 Å². The zero-order valence-electron chi connectivity index (χ0n) is 12.1. The van der Waals surface area contributed by atoms with Crippen LogP contribution in [0.15, 0.2) is 30.5 Å². The van der Waals surface area contributed by atoms with Crippen molar-refractivity contribution in [3.8, 4) is 0 Å². The van der Waals surface area contributed by atoms with Gasteiger partial charge in [-0.3, -0.25) is 10.1 Å². The first-order valence-electron chi connectivity index (χ1n) is 7.45. The first kappa shape index (κ1) is 13.9. The number of pyridine rings is 1. The van der Waals surface area contributed by atoms with Gasteiger partial charge in [-0.2, -0.15) is 0 Å². The molecule has 1 saturated carbocycles. The molecule has 1 atom stereocenters. The predicted octanol–water partition coefficient (Wildman–Crippen LogP) is 3.07. The van der Waals surface area contributed by atoms with Crippen LogP contribution >= 0.6 is 0 Å². The van der Waals surface area contributed by atoms with Crippen molar-refractivity contribution in [2.45, 2.75) is 32.2 Å². The number of benzene rings is 1. The first-order chi connectivity index (χ1) is 10.2. The molecule has 1 aromatic heterocycles. The molecule has 110 valence electrons. The lowest BCUT2D eigenvalue weighted by Gasteiger charge is -2.18. The zero-order chi connectivity index (χ0) is 14.8. The minimum absolute atomic E-state index is 0.0840. The Hall–Kier alpha value is -2.01. The average Bonchev–Trinajstić information content (AvgIpc) is 3.31. The van der Waals surface area contributed by atoms with Gasteiger partial charge in [0.1, 0.15) is 5.52 Å². The lowest BCUT2D eigenvalue weighted by molar-refractivity contribution is -0.383. The van der Waals surface area contributed by atoms with Crippen LogP contribution in [0, 0.1) is 16.0 Å². The van der Waals surface area contributed by atoms with Gasteiger partial charge in [0.2, 0.25) is 0 Å². The lowest BCUT2D eigenvalue weighted by atomic mass is 9.97. The van der Waals surface area contributed by atoms with Crippen LogP contribution in [-0.2, 0) is 6.42 Å². The molecule has 0 amide bonds. The van der Waals surface area contributed by atoms with Crippen molar-refractivity contribution in [1.82, 2.24) is 10.3 Å². The molecule has 2 aromatic rings. The highest BCUT2D eigenvalue weighted by Crippen LogP contribution is 2.35. The maximum absolute atomic E-state index is 11.1. The summed E-state index contributed by atoms with van der Waals surface area (Å²) < 4.78 is 0. The molecule has 0 bridgehead atoms. The molecule has 0 saturated heterocycles. The van der Waals surface area contributed by atoms with Gasteiger partial charge in [0.25, 0.3) is 5.69 Å². The Balaban J connectivity index is 1.99. The number of nitro benzene ring substituents is 1. The molecule has 0 spiro atoms. The molecule has 3 rings (SSSR count). The number of hydrogen-bond donors (Lipinski definition) is 1. The van der Waals surface area contributed by atoms with E-state index in [0.29, 0.717) is 11.6 Å². The Labute approximate surface area is 123 Å². The zero-order valence-corrected chi connectivity index (χ0v) is 12.1. The van der Waals surface area contributed by atoms with E-state index in [4.69, 9.17) is 0 Å². The Morgan fingerprint density at radius 3 is 2.90 bits per heavy atom. The molecular formula is C16H19N3O2. The smallest absolute Gasteiger partial charge is 0.295 e. The van der Waals surface area contributed by atoms with E-state index in [2.05, 4.69) is 17.2 Å². The summed E-state index contributed by atoms with van der Waals surface area (Å²) in [6, 6.07) is 7.70. The number of nitrogens with one attached hydrogen (secondary N) is 1. The number of fused-ring (bicyclic) bond motifs is 1. The number of aromatic nitrogens is 1. The predicted molar refractivity (Wildman–Crippen MR) is 82.3 cm³/mol. The van der Waals surface area contributed by atoms with Gasteiger partial charge in [0.15, 0.2) is 0 Å². The van der Waals surface area contributed by atoms with Crippen LogP contribution < -0.4 is 5.32 Å². The molecular weight excluding hydrogens is 266 g/mol. The SMILES string of the molecule is CCNC(Cc1ccc([N+](=O)[O-])c2ncccc12)C1CC1. The molecule has 1 aliphatic rings. The summed E-state index contributed by atoms with van der Waals surface area (Å²) in [7, 11) is 0. The van der Waals surface area contributed by atoms with Crippen LogP contribution in [-0.4, -0.2) is 22.5 Å². The summed E-state index contributed by atoms with van der Waals surface area (Å²) in [6.45, 7) is 3.06. The first-order valence-corrected chi connectivity index (χ1v) is 7.45. The van der Waals surface area contributed by atoms with Crippen LogP contribution in [0.4, 0.5) is 5.69 Å². The highest BCUT2D eigenvalue weighted by Gasteiger charge is 2.31. The van der Waals surface area contributed by atoms with Crippen LogP contribution in [0.5, 0.6) is 0 Å². The second kappa shape index (κ2) is 5.77. The number of nitrogens with zero attached hydrogens (tertiary/aromatic N) is 2. The fourth-order valence-electron chi connectivity index (χ4n) is 2.95. The summed E-state index contributed by atoms with van der Waals surface area (Å²) >= 11 is 0. The van der Waals surface area contributed by atoms with Gasteiger partial charge in [-0.05, 0) is 43.4 Å². The van der Waals surface area contributed by atoms with E-state index < -0.39 is 0 Å². The molecule has 1 aromatic carbocycles. The molecule has 1 N–H and O–H groups in total. The third-order valence-corrected chi connectivity index (χ3v) is 4.13. The van der Waals surface area contributed by atoms with Gasteiger partial charge < -0.3 is 5.32 Å². The van der Waals surface area contributed by atoms with Crippen molar-refractivity contribution >= 4 is 16.6 Å². The van der Waals surface area contributed by atoms with Crippen LogP contribution in [0.3, 0.4) is 0 Å². The Morgan fingerprint density at radius 1 is 1.43 bits per heavy atom. The minimum Gasteiger partial charge on any atom is -0.314 e. The molecule has 1 heterocycles. The summed E-state index contributed by atoms with van der Waals surface area (Å²) in [5, 5.41) is 15.6. The van der Waals surface area contributed by atoms with Gasteiger partial charge in [-0.15, -0.1) is 0 Å². The van der Waals surface area contributed by atoms with E-state index in [9.17, 15) is 10.1 Å². The van der Waals surface area contributed by atoms with Gasteiger partial charge >= 0.3 is 0 Å². The number of non-ortho nitro benzene ring substituents is 1. The molecule has 1 aliphatic carbocycles. The van der Waals surface area contributed by atoms with Gasteiger partial charge in [0.05, 0.1) is 4.92 Å². The monoisotopic (exact) mass is 285 g/mol. The van der Waals surface area contributed by atoms with E-state index in [1.165, 1.54) is 12.8 Å². The summed E-state index contributed by atoms with van der Waals surface area (Å²) in [5.41, 5.74) is 1.72. The number of nitro groups is 1. The number of hydrogen-bond acceptors (Lipinski definition) is 4. The maximum atomic E-state index is 11.1. The van der Waals surface area contributed by atoms with Gasteiger partial charge in [0, 0.05) is 23.7 Å². The van der Waals surface area contributed by atoms with E-state index >= 15 is 0 Å². The molecule has 0 aliphatic heterocycles. The second-order valence-electron chi connectivity index (χ2n) is 5.61. The Morgan fingerprint density at radius 2 is 2.24 bits per heavy atom. The van der Waals surface area contributed by atoms with Crippen LogP contribution in [0.25, 0.3) is 10.9 Å². The second-order valence-corrected chi connectivity index (χ2v) is 5.61. The van der Waals surface area contributed by atoms with Crippen molar-refractivity contribution in [3.05, 3.63) is 46.1 Å². The minimum atomic E-state index is -0.359. The third-order valence-electron chi connectivity index (χ3n) is 4.13. The number of likely N-dealkylation sites (N-methyl/N-ethyl adjacent to an activating group) is 1. The van der Waals surface area contributed by atoms with Crippen molar-refractivity contribution in [3.63, 3.8) is 0 Å². The average molecular weight is 285 g/mol. The molecule has 5 nitrogen and oxygen atoms in total. The van der Waals surface area contributed by atoms with Gasteiger partial charge in [-0.1, -0.05) is 19.1 Å². The molecule has 5 heteroatoms. The van der Waals surface area contributed by atoms with Crippen molar-refractivity contribution in [1.29, 1.82) is 0 Å². The standard InChI is InChI=1S/C16H19N3O2/c1-2-17-14(11-5-6-11)10-12-7-8-15(19(20)21)16-13(12)4-3-9-18-16/h3-4,7-9,11,14,17H,2,5-6,10H2,1H3. The lowest BCUT2D eigenvalue weighted by Crippen LogP contribution is -2.32. The highest BCUT2D eigenvalue weighted by atomic mass is 16.6. The Bertz CT molecular complexity index is 668. The normalized spacial score (nSPS) is 16.0. The van der Waals surface area contributed by atoms with Gasteiger partial charge in [-0.25, -0.2) is 4.98 Å². The molecule has 1 fully saturated rings. The third kappa shape index (κ3) is 2.88. The molecule has 0 radical (unpaired) electrons. The van der Waals surface area contributed by atoms with E-state index in [1.54, 1.807) is 12.3 Å². The fourth-order valence-corrected chi connectivity index (χ4v) is 2.95. The van der Waals surface area contributed by atoms with Crippen LogP contribution in [0.2, 0.25) is 0 Å². The highest BCUT2D eigenvalue weighted by molar-refractivity contribution is 5.89. The van der Waals surface area contributed by atoms with Crippen molar-refractivity contribution in [2.24, 2.45) is 5.92 Å². The fraction of sp³-hybridized carbons (Fsp3) is 0.438. The van der Waals surface area contributed by atoms with E-state index in [0.717, 1.165) is 29.8 Å². The van der Waals surface area contributed by atoms with Crippen molar-refractivity contribution in [2.75, 3.05) is 6.54 Å². The van der Waals surface area contributed by atoms with E-state index in [1.807, 2.05) is 18.2 Å². The van der Waals surface area contributed by atoms with Crippen molar-refractivity contribution < 1.29 is 4.92 Å². The number of rotatable bonds is 6. The summed E-state index contributed by atoms with van der Waals surface area (Å²) in [4.78, 5) is 15.0. The topological polar surface area (TPSA) is 68.1 Å². The Kier molecular flexibility index (Phi) is 3.84. The maximum Gasteiger partial charge on any atom is 0.295 e. The van der Waals surface area contributed by atoms with E-state index in [-0.39, 0.29) is 10.6 Å².